The van der Waals surface area contributed by atoms with Crippen molar-refractivity contribution in [3.63, 3.8) is 0 Å². The number of hydrogen-bond acceptors (Lipinski definition) is 5. The van der Waals surface area contributed by atoms with Gasteiger partial charge in [0.2, 0.25) is 0 Å². The Kier molecular flexibility index (Phi) is 8.62. The van der Waals surface area contributed by atoms with Crippen molar-refractivity contribution in [3.8, 4) is 17.7 Å². The van der Waals surface area contributed by atoms with E-state index in [1.807, 2.05) is 0 Å². The first-order valence-corrected chi connectivity index (χ1v) is 12.6. The molecule has 0 fully saturated rings. The molecule has 2 aromatic heterocycles. The molecule has 0 amide bonds. The van der Waals surface area contributed by atoms with E-state index < -0.39 is 27.7 Å². The fraction of sp³-hybridized carbons (Fsp3) is 0.0800. The van der Waals surface area contributed by atoms with E-state index in [1.165, 1.54) is 41.0 Å². The van der Waals surface area contributed by atoms with Gasteiger partial charge in [0.25, 0.3) is 10.0 Å². The van der Waals surface area contributed by atoms with E-state index >= 15 is 0 Å². The Morgan fingerprint density at radius 2 is 1.68 bits per heavy atom. The summed E-state index contributed by atoms with van der Waals surface area (Å²) in [5.74, 6) is 1.30. The number of carbonyl (C=O) groups excluding carboxylic acids is 1. The molecule has 184 valence electrons. The second-order valence-corrected chi connectivity index (χ2v) is 10.5. The Morgan fingerprint density at radius 1 is 1.00 bits per heavy atom. The van der Waals surface area contributed by atoms with Gasteiger partial charge in [-0.3, -0.25) is 0 Å². The van der Waals surface area contributed by atoms with Gasteiger partial charge in [-0.1, -0.05) is 30.3 Å². The van der Waals surface area contributed by atoms with Crippen LogP contribution in [0, 0.1) is 12.0 Å². The van der Waals surface area contributed by atoms with E-state index in [0.29, 0.717) is 0 Å². The van der Waals surface area contributed by atoms with Crippen LogP contribution < -0.4 is 24.0 Å². The standard InChI is InChI=1S/C25H17F3N2O4S2.Li/c26-25(27,28)20-10-8-18(9-11-20)17-30(36(33,34)22-7-4-16-35-22)15-12-19-5-3-6-21(24(31)32)23(19)29-13-1-2-14-29;/h1-11,13-14,16H,17H2,(H,31,32);/q;+1/p-1. The number of thiophene rings is 1. The first-order chi connectivity index (χ1) is 17.1. The number of hydrogen-bond donors (Lipinski definition) is 0. The fourth-order valence-electron chi connectivity index (χ4n) is 3.36. The summed E-state index contributed by atoms with van der Waals surface area (Å²) in [5, 5.41) is 13.3. The van der Waals surface area contributed by atoms with Gasteiger partial charge in [-0.2, -0.15) is 21.6 Å². The van der Waals surface area contributed by atoms with E-state index in [1.54, 1.807) is 36.0 Å². The molecule has 0 spiro atoms. The summed E-state index contributed by atoms with van der Waals surface area (Å²) in [6.07, 6.45) is -1.31. The Labute approximate surface area is 227 Å². The summed E-state index contributed by atoms with van der Waals surface area (Å²) in [5.41, 5.74) is -0.315. The maximum Gasteiger partial charge on any atom is 1.00 e. The number of carbonyl (C=O) groups is 1. The van der Waals surface area contributed by atoms with Gasteiger partial charge >= 0.3 is 25.0 Å². The number of halogens is 3. The zero-order valence-electron chi connectivity index (χ0n) is 19.3. The van der Waals surface area contributed by atoms with Crippen molar-refractivity contribution >= 4 is 27.3 Å². The number of alkyl halides is 3. The van der Waals surface area contributed by atoms with E-state index in [0.717, 1.165) is 27.8 Å². The van der Waals surface area contributed by atoms with Crippen molar-refractivity contribution in [1.29, 1.82) is 0 Å². The van der Waals surface area contributed by atoms with Crippen LogP contribution in [0.25, 0.3) is 5.69 Å². The minimum atomic E-state index is -4.53. The summed E-state index contributed by atoms with van der Waals surface area (Å²) in [6, 6.07) is 17.3. The van der Waals surface area contributed by atoms with Crippen LogP contribution in [-0.4, -0.2) is 23.3 Å². The molecule has 6 nitrogen and oxygen atoms in total. The molecule has 0 aliphatic carbocycles. The first-order valence-electron chi connectivity index (χ1n) is 10.3. The number of aromatic carboxylic acids is 1. The van der Waals surface area contributed by atoms with Crippen LogP contribution in [0.2, 0.25) is 0 Å². The Morgan fingerprint density at radius 3 is 2.24 bits per heavy atom. The summed E-state index contributed by atoms with van der Waals surface area (Å²) >= 11 is 0.968. The summed E-state index contributed by atoms with van der Waals surface area (Å²) in [4.78, 5) is 11.7. The zero-order valence-corrected chi connectivity index (χ0v) is 20.9. The van der Waals surface area contributed by atoms with Gasteiger partial charge in [0.05, 0.1) is 29.3 Å². The summed E-state index contributed by atoms with van der Waals surface area (Å²) in [6.45, 7) is -0.329. The monoisotopic (exact) mass is 536 g/mol. The number of carboxylic acid groups (broad SMARTS) is 1. The normalized spacial score (nSPS) is 11.2. The summed E-state index contributed by atoms with van der Waals surface area (Å²) in [7, 11) is -4.14. The maximum absolute atomic E-state index is 13.3. The van der Waals surface area contributed by atoms with Gasteiger partial charge in [-0.25, -0.2) is 4.31 Å². The third-order valence-corrected chi connectivity index (χ3v) is 8.11. The number of benzene rings is 2. The van der Waals surface area contributed by atoms with Gasteiger partial charge < -0.3 is 14.5 Å². The van der Waals surface area contributed by atoms with Crippen LogP contribution in [0.5, 0.6) is 0 Å². The molecule has 0 saturated carbocycles. The van der Waals surface area contributed by atoms with Gasteiger partial charge in [-0.15, -0.1) is 11.3 Å². The molecule has 2 aromatic carbocycles. The number of rotatable bonds is 6. The van der Waals surface area contributed by atoms with Crippen molar-refractivity contribution in [2.24, 2.45) is 0 Å². The molecule has 0 atom stereocenters. The predicted octanol–water partition coefficient (Wildman–Crippen LogP) is 1.13. The number of sulfonamides is 1. The number of para-hydroxylation sites is 1. The molecule has 12 heteroatoms. The molecule has 0 radical (unpaired) electrons. The number of nitrogens with zero attached hydrogens (tertiary/aromatic N) is 2. The van der Waals surface area contributed by atoms with Gasteiger partial charge in [0.15, 0.2) is 0 Å². The van der Waals surface area contributed by atoms with Crippen molar-refractivity contribution in [1.82, 2.24) is 8.87 Å². The van der Waals surface area contributed by atoms with Gasteiger partial charge in [-0.05, 0) is 53.3 Å². The molecule has 0 saturated heterocycles. The molecule has 0 aliphatic rings. The van der Waals surface area contributed by atoms with Crippen LogP contribution >= 0.6 is 11.3 Å². The third kappa shape index (κ3) is 6.30. The molecule has 0 bridgehead atoms. The average molecular weight is 536 g/mol. The van der Waals surface area contributed by atoms with E-state index in [9.17, 15) is 31.5 Å². The van der Waals surface area contributed by atoms with E-state index in [-0.39, 0.29) is 52.0 Å². The second kappa shape index (κ2) is 11.3. The quantitative estimate of drug-likeness (QED) is 0.210. The predicted molar refractivity (Wildman–Crippen MR) is 125 cm³/mol. The molecule has 0 unspecified atom stereocenters. The van der Waals surface area contributed by atoms with E-state index in [2.05, 4.69) is 12.0 Å². The minimum Gasteiger partial charge on any atom is -0.545 e. The Balaban J connectivity index is 0.00000380. The Hall–Kier alpha value is -3.41. The second-order valence-electron chi connectivity index (χ2n) is 7.45. The largest absolute Gasteiger partial charge is 1.00 e. The molecule has 2 heterocycles. The van der Waals surface area contributed by atoms with Crippen LogP contribution in [-0.2, 0) is 22.7 Å². The van der Waals surface area contributed by atoms with Crippen LogP contribution in [0.1, 0.15) is 27.0 Å². The van der Waals surface area contributed by atoms with Crippen molar-refractivity contribution < 1.29 is 50.4 Å². The molecule has 0 N–H and O–H groups in total. The molecular weight excluding hydrogens is 520 g/mol. The van der Waals surface area contributed by atoms with Crippen molar-refractivity contribution in [2.75, 3.05) is 0 Å². The SMILES string of the molecule is O=C([O-])c1cccc(C#CN(Cc2ccc(C(F)(F)F)cc2)S(=O)(=O)c2cccs2)c1-n1cccc1.[Li+]. The molecule has 0 aliphatic heterocycles. The van der Waals surface area contributed by atoms with Crippen LogP contribution in [0.4, 0.5) is 13.2 Å². The van der Waals surface area contributed by atoms with Gasteiger partial charge in [0, 0.05) is 24.0 Å². The van der Waals surface area contributed by atoms with Crippen molar-refractivity contribution in [2.45, 2.75) is 16.9 Å². The molecule has 4 aromatic rings. The smallest absolute Gasteiger partial charge is 0.545 e. The first kappa shape index (κ1) is 28.2. The zero-order chi connectivity index (χ0) is 25.9. The molecule has 4 rings (SSSR count). The summed E-state index contributed by atoms with van der Waals surface area (Å²) < 4.78 is 67.7. The molecular formula is C25H16F3LiN2O4S2. The van der Waals surface area contributed by atoms with Crippen molar-refractivity contribution in [3.05, 3.63) is 107 Å². The van der Waals surface area contributed by atoms with E-state index in [4.69, 9.17) is 0 Å². The average Bonchev–Trinajstić information content (AvgIpc) is 3.56. The number of carboxylic acids is 1. The molecule has 37 heavy (non-hydrogen) atoms. The minimum absolute atomic E-state index is 0. The van der Waals surface area contributed by atoms with Gasteiger partial charge in [0.1, 0.15) is 4.21 Å². The number of aromatic nitrogens is 1. The Bertz CT molecular complexity index is 1540. The maximum atomic E-state index is 13.3. The third-order valence-electron chi connectivity index (χ3n) is 5.08. The topological polar surface area (TPSA) is 82.4 Å². The fourth-order valence-corrected chi connectivity index (χ4v) is 5.69. The van der Waals surface area contributed by atoms with Crippen LogP contribution in [0.15, 0.2) is 88.7 Å². The van der Waals surface area contributed by atoms with Crippen LogP contribution in [0.3, 0.4) is 0 Å².